The van der Waals surface area contributed by atoms with Gasteiger partial charge in [-0.05, 0) is 31.4 Å². The molecule has 0 saturated heterocycles. The van der Waals surface area contributed by atoms with Crippen molar-refractivity contribution in [3.63, 3.8) is 0 Å². The first-order chi connectivity index (χ1) is 8.80. The predicted molar refractivity (Wildman–Crippen MR) is 71.0 cm³/mol. The Morgan fingerprint density at radius 2 is 2.11 bits per heavy atom. The van der Waals surface area contributed by atoms with Crippen molar-refractivity contribution in [2.24, 2.45) is 0 Å². The van der Waals surface area contributed by atoms with E-state index < -0.39 is 5.54 Å². The number of nitriles is 1. The molecule has 1 unspecified atom stereocenters. The van der Waals surface area contributed by atoms with E-state index in [0.717, 1.165) is 24.9 Å². The number of hydrogen-bond acceptors (Lipinski definition) is 3. The van der Waals surface area contributed by atoms with Crippen LogP contribution >= 0.6 is 0 Å². The number of benzene rings is 1. The van der Waals surface area contributed by atoms with Gasteiger partial charge < -0.3 is 4.74 Å². The summed E-state index contributed by atoms with van der Waals surface area (Å²) < 4.78 is 5.86. The molecular formula is C15H20N2O. The Balaban J connectivity index is 2.13. The van der Waals surface area contributed by atoms with Crippen molar-refractivity contribution in [1.29, 1.82) is 5.26 Å². The molecule has 3 nitrogen and oxygen atoms in total. The summed E-state index contributed by atoms with van der Waals surface area (Å²) in [7, 11) is 0. The van der Waals surface area contributed by atoms with E-state index in [2.05, 4.69) is 11.4 Å². The molecule has 3 heteroatoms. The predicted octanol–water partition coefficient (Wildman–Crippen LogP) is 2.58. The maximum atomic E-state index is 9.57. The summed E-state index contributed by atoms with van der Waals surface area (Å²) in [4.78, 5) is 0. The van der Waals surface area contributed by atoms with Gasteiger partial charge in [0.15, 0.2) is 5.54 Å². The highest BCUT2D eigenvalue weighted by Gasteiger charge is 2.33. The van der Waals surface area contributed by atoms with Crippen LogP contribution in [0.25, 0.3) is 0 Å². The van der Waals surface area contributed by atoms with Crippen molar-refractivity contribution in [2.45, 2.75) is 37.8 Å². The van der Waals surface area contributed by atoms with Gasteiger partial charge in [-0.25, -0.2) is 0 Å². The van der Waals surface area contributed by atoms with Crippen LogP contribution in [0.15, 0.2) is 30.3 Å². The minimum atomic E-state index is -0.717. The van der Waals surface area contributed by atoms with Crippen molar-refractivity contribution in [2.75, 3.05) is 13.2 Å². The van der Waals surface area contributed by atoms with Crippen LogP contribution in [0.1, 0.15) is 31.7 Å². The number of likely N-dealkylation sites (N-methyl/N-ethyl adjacent to an activating group) is 1. The van der Waals surface area contributed by atoms with Gasteiger partial charge in [0.05, 0.1) is 18.8 Å². The second-order valence-electron chi connectivity index (χ2n) is 4.78. The topological polar surface area (TPSA) is 45.0 Å². The minimum Gasteiger partial charge on any atom is -0.375 e. The molecule has 1 atom stereocenters. The molecule has 0 amide bonds. The molecule has 0 heterocycles. The normalized spacial score (nSPS) is 18.7. The van der Waals surface area contributed by atoms with Crippen LogP contribution in [0.5, 0.6) is 0 Å². The van der Waals surface area contributed by atoms with E-state index in [1.807, 2.05) is 37.3 Å². The fourth-order valence-electron chi connectivity index (χ4n) is 2.18. The molecule has 0 aromatic heterocycles. The van der Waals surface area contributed by atoms with Crippen LogP contribution in [0.4, 0.5) is 0 Å². The third-order valence-electron chi connectivity index (χ3n) is 3.52. The Kier molecular flexibility index (Phi) is 4.35. The molecular weight excluding hydrogens is 224 g/mol. The maximum absolute atomic E-state index is 9.57. The maximum Gasteiger partial charge on any atom is 0.155 e. The van der Waals surface area contributed by atoms with Crippen molar-refractivity contribution in [1.82, 2.24) is 5.32 Å². The first-order valence-electron chi connectivity index (χ1n) is 6.64. The molecule has 1 saturated carbocycles. The van der Waals surface area contributed by atoms with E-state index in [1.165, 1.54) is 6.42 Å². The molecule has 1 aliphatic rings. The fraction of sp³-hybridized carbons (Fsp3) is 0.533. The Labute approximate surface area is 109 Å². The molecule has 1 N–H and O–H groups in total. The van der Waals surface area contributed by atoms with Crippen LogP contribution in [0.3, 0.4) is 0 Å². The zero-order chi connectivity index (χ0) is 12.8. The van der Waals surface area contributed by atoms with E-state index in [4.69, 9.17) is 4.74 Å². The minimum absolute atomic E-state index is 0.347. The van der Waals surface area contributed by atoms with E-state index >= 15 is 0 Å². The first kappa shape index (κ1) is 13.1. The standard InChI is InChI=1S/C15H20N2O/c1-2-17-15(11-16,12-18-14-9-6-10-14)13-7-4-3-5-8-13/h3-5,7-8,14,17H,2,6,9-10,12H2,1H3. The van der Waals surface area contributed by atoms with Gasteiger partial charge in [-0.1, -0.05) is 37.3 Å². The zero-order valence-electron chi connectivity index (χ0n) is 10.9. The van der Waals surface area contributed by atoms with Crippen molar-refractivity contribution in [3.05, 3.63) is 35.9 Å². The van der Waals surface area contributed by atoms with E-state index in [1.54, 1.807) is 0 Å². The van der Waals surface area contributed by atoms with Gasteiger partial charge >= 0.3 is 0 Å². The smallest absolute Gasteiger partial charge is 0.155 e. The average Bonchev–Trinajstić information content (AvgIpc) is 2.37. The third-order valence-corrected chi connectivity index (χ3v) is 3.52. The summed E-state index contributed by atoms with van der Waals surface area (Å²) in [5.41, 5.74) is 0.264. The summed E-state index contributed by atoms with van der Waals surface area (Å²) in [6.45, 7) is 3.18. The van der Waals surface area contributed by atoms with Gasteiger partial charge in [0.2, 0.25) is 0 Å². The summed E-state index contributed by atoms with van der Waals surface area (Å²) in [6.07, 6.45) is 3.85. The Morgan fingerprint density at radius 1 is 1.39 bits per heavy atom. The molecule has 0 bridgehead atoms. The number of nitrogens with zero attached hydrogens (tertiary/aromatic N) is 1. The Morgan fingerprint density at radius 3 is 2.61 bits per heavy atom. The highest BCUT2D eigenvalue weighted by atomic mass is 16.5. The van der Waals surface area contributed by atoms with E-state index in [0.29, 0.717) is 12.7 Å². The van der Waals surface area contributed by atoms with Crippen LogP contribution in [-0.2, 0) is 10.3 Å². The Hall–Kier alpha value is -1.37. The summed E-state index contributed by atoms with van der Waals surface area (Å²) in [5.74, 6) is 0. The number of nitrogens with one attached hydrogen (secondary N) is 1. The van der Waals surface area contributed by atoms with Crippen LogP contribution in [-0.4, -0.2) is 19.3 Å². The highest BCUT2D eigenvalue weighted by molar-refractivity contribution is 5.31. The molecule has 1 aromatic carbocycles. The van der Waals surface area contributed by atoms with E-state index in [-0.39, 0.29) is 0 Å². The van der Waals surface area contributed by atoms with Gasteiger partial charge in [-0.15, -0.1) is 0 Å². The van der Waals surface area contributed by atoms with Gasteiger partial charge in [0.1, 0.15) is 0 Å². The molecule has 96 valence electrons. The molecule has 2 rings (SSSR count). The zero-order valence-corrected chi connectivity index (χ0v) is 10.9. The lowest BCUT2D eigenvalue weighted by Gasteiger charge is -2.33. The molecule has 0 radical (unpaired) electrons. The molecule has 1 fully saturated rings. The van der Waals surface area contributed by atoms with E-state index in [9.17, 15) is 5.26 Å². The third kappa shape index (κ3) is 2.72. The van der Waals surface area contributed by atoms with Crippen molar-refractivity contribution >= 4 is 0 Å². The lowest BCUT2D eigenvalue weighted by atomic mass is 9.91. The second kappa shape index (κ2) is 5.99. The molecule has 0 aliphatic heterocycles. The van der Waals surface area contributed by atoms with Gasteiger partial charge in [0, 0.05) is 0 Å². The first-order valence-corrected chi connectivity index (χ1v) is 6.64. The number of rotatable bonds is 6. The van der Waals surface area contributed by atoms with Crippen molar-refractivity contribution < 1.29 is 4.74 Å². The van der Waals surface area contributed by atoms with Gasteiger partial charge in [-0.3, -0.25) is 5.32 Å². The summed E-state index contributed by atoms with van der Waals surface area (Å²) in [5, 5.41) is 12.9. The lowest BCUT2D eigenvalue weighted by Crippen LogP contribution is -2.46. The van der Waals surface area contributed by atoms with Crippen molar-refractivity contribution in [3.8, 4) is 6.07 Å². The molecule has 18 heavy (non-hydrogen) atoms. The summed E-state index contributed by atoms with van der Waals surface area (Å²) in [6, 6.07) is 12.2. The number of hydrogen-bond donors (Lipinski definition) is 1. The SMILES string of the molecule is CCNC(C#N)(COC1CCC1)c1ccccc1. The van der Waals surface area contributed by atoms with Gasteiger partial charge in [-0.2, -0.15) is 5.26 Å². The molecule has 0 spiro atoms. The summed E-state index contributed by atoms with van der Waals surface area (Å²) >= 11 is 0. The number of ether oxygens (including phenoxy) is 1. The molecule has 1 aliphatic carbocycles. The molecule has 1 aromatic rings. The fourth-order valence-corrected chi connectivity index (χ4v) is 2.18. The van der Waals surface area contributed by atoms with Crippen LogP contribution in [0.2, 0.25) is 0 Å². The monoisotopic (exact) mass is 244 g/mol. The Bertz CT molecular complexity index is 408. The van der Waals surface area contributed by atoms with Crippen LogP contribution < -0.4 is 5.32 Å². The second-order valence-corrected chi connectivity index (χ2v) is 4.78. The van der Waals surface area contributed by atoms with Gasteiger partial charge in [0.25, 0.3) is 0 Å². The lowest BCUT2D eigenvalue weighted by molar-refractivity contribution is -0.0204. The van der Waals surface area contributed by atoms with Crippen LogP contribution in [0, 0.1) is 11.3 Å². The average molecular weight is 244 g/mol. The largest absolute Gasteiger partial charge is 0.375 e. The quantitative estimate of drug-likeness (QED) is 0.836. The highest BCUT2D eigenvalue weighted by Crippen LogP contribution is 2.26.